The largest absolute Gasteiger partial charge is 0.480 e. The number of rotatable bonds is 3. The predicted octanol–water partition coefficient (Wildman–Crippen LogP) is 3.66. The Morgan fingerprint density at radius 1 is 1.19 bits per heavy atom. The van der Waals surface area contributed by atoms with E-state index in [1.165, 1.54) is 0 Å². The molecule has 1 fully saturated rings. The van der Waals surface area contributed by atoms with Crippen LogP contribution in [0.2, 0.25) is 0 Å². The molecule has 0 aromatic heterocycles. The van der Waals surface area contributed by atoms with Crippen LogP contribution in [0.5, 0.6) is 0 Å². The van der Waals surface area contributed by atoms with Crippen molar-refractivity contribution in [2.45, 2.75) is 51.0 Å². The van der Waals surface area contributed by atoms with Gasteiger partial charge in [-0.3, -0.25) is 4.79 Å². The highest BCUT2D eigenvalue weighted by Crippen LogP contribution is 2.28. The second kappa shape index (κ2) is 6.60. The number of halogens is 1. The number of carboxylic acid groups (broad SMARTS) is 1. The highest BCUT2D eigenvalue weighted by atomic mass is 79.9. The summed E-state index contributed by atoms with van der Waals surface area (Å²) in [6.45, 7) is 1.85. The lowest BCUT2D eigenvalue weighted by atomic mass is 9.89. The van der Waals surface area contributed by atoms with Crippen LogP contribution in [0.4, 0.5) is 0 Å². The second-order valence-electron chi connectivity index (χ2n) is 5.71. The molecule has 1 amide bonds. The van der Waals surface area contributed by atoms with Gasteiger partial charge in [0.25, 0.3) is 5.91 Å². The van der Waals surface area contributed by atoms with E-state index in [0.29, 0.717) is 18.4 Å². The van der Waals surface area contributed by atoms with Gasteiger partial charge in [0.05, 0.1) is 0 Å². The second-order valence-corrected chi connectivity index (χ2v) is 6.63. The summed E-state index contributed by atoms with van der Waals surface area (Å²) in [5.74, 6) is -1.23. The molecule has 2 N–H and O–H groups in total. The van der Waals surface area contributed by atoms with E-state index in [4.69, 9.17) is 0 Å². The van der Waals surface area contributed by atoms with Crippen LogP contribution < -0.4 is 5.32 Å². The van der Waals surface area contributed by atoms with Crippen molar-refractivity contribution in [2.75, 3.05) is 0 Å². The lowest BCUT2D eigenvalue weighted by molar-refractivity contribution is -0.145. The standard InChI is InChI=1S/C16H20BrNO3/c1-11-6-7-12(17)10-13(11)14(19)18-16(15(20)21)8-4-2-3-5-9-16/h6-7,10H,2-5,8-9H2,1H3,(H,18,19)(H,20,21). The summed E-state index contributed by atoms with van der Waals surface area (Å²) in [5.41, 5.74) is 0.238. The van der Waals surface area contributed by atoms with Gasteiger partial charge in [-0.05, 0) is 37.5 Å². The van der Waals surface area contributed by atoms with Crippen molar-refractivity contribution in [3.63, 3.8) is 0 Å². The summed E-state index contributed by atoms with van der Waals surface area (Å²) >= 11 is 3.35. The molecule has 0 spiro atoms. The van der Waals surface area contributed by atoms with E-state index in [-0.39, 0.29) is 5.91 Å². The van der Waals surface area contributed by atoms with E-state index in [1.807, 2.05) is 19.1 Å². The molecule has 21 heavy (non-hydrogen) atoms. The van der Waals surface area contributed by atoms with Crippen LogP contribution in [0.15, 0.2) is 22.7 Å². The molecule has 0 heterocycles. The van der Waals surface area contributed by atoms with Gasteiger partial charge in [0.2, 0.25) is 0 Å². The summed E-state index contributed by atoms with van der Waals surface area (Å²) in [7, 11) is 0. The number of amides is 1. The third-order valence-corrected chi connectivity index (χ3v) is 4.66. The minimum atomic E-state index is -1.12. The lowest BCUT2D eigenvalue weighted by Gasteiger charge is -2.29. The number of carboxylic acids is 1. The number of benzene rings is 1. The fourth-order valence-corrected chi connectivity index (χ4v) is 3.21. The summed E-state index contributed by atoms with van der Waals surface area (Å²) in [6.07, 6.45) is 4.73. The van der Waals surface area contributed by atoms with Crippen LogP contribution in [-0.2, 0) is 4.79 Å². The van der Waals surface area contributed by atoms with Gasteiger partial charge in [0, 0.05) is 10.0 Å². The number of hydrogen-bond donors (Lipinski definition) is 2. The molecule has 0 radical (unpaired) electrons. The smallest absolute Gasteiger partial charge is 0.329 e. The molecule has 1 aliphatic carbocycles. The van der Waals surface area contributed by atoms with Crippen molar-refractivity contribution in [1.29, 1.82) is 0 Å². The quantitative estimate of drug-likeness (QED) is 0.814. The Balaban J connectivity index is 2.26. The van der Waals surface area contributed by atoms with Crippen molar-refractivity contribution in [1.82, 2.24) is 5.32 Å². The molecule has 1 aromatic rings. The molecule has 1 aromatic carbocycles. The van der Waals surface area contributed by atoms with Gasteiger partial charge in [0.1, 0.15) is 5.54 Å². The summed E-state index contributed by atoms with van der Waals surface area (Å²) in [4.78, 5) is 24.2. The molecule has 0 aliphatic heterocycles. The zero-order valence-electron chi connectivity index (χ0n) is 12.1. The minimum absolute atomic E-state index is 0.307. The molecular weight excluding hydrogens is 334 g/mol. The maximum atomic E-state index is 12.5. The van der Waals surface area contributed by atoms with Gasteiger partial charge in [-0.25, -0.2) is 4.79 Å². The summed E-state index contributed by atoms with van der Waals surface area (Å²) in [6, 6.07) is 5.45. The van der Waals surface area contributed by atoms with Crippen molar-refractivity contribution >= 4 is 27.8 Å². The first kappa shape index (κ1) is 16.0. The van der Waals surface area contributed by atoms with Gasteiger partial charge in [-0.2, -0.15) is 0 Å². The normalized spacial score (nSPS) is 17.8. The third kappa shape index (κ3) is 3.64. The first-order valence-electron chi connectivity index (χ1n) is 7.27. The molecule has 1 aliphatic rings. The Morgan fingerprint density at radius 2 is 1.81 bits per heavy atom. The number of carbonyl (C=O) groups is 2. The molecule has 0 unspecified atom stereocenters. The van der Waals surface area contributed by atoms with Gasteiger partial charge in [-0.15, -0.1) is 0 Å². The van der Waals surface area contributed by atoms with Crippen molar-refractivity contribution < 1.29 is 14.7 Å². The van der Waals surface area contributed by atoms with Gasteiger partial charge < -0.3 is 10.4 Å². The van der Waals surface area contributed by atoms with Crippen LogP contribution in [0.25, 0.3) is 0 Å². The van der Waals surface area contributed by atoms with Gasteiger partial charge in [-0.1, -0.05) is 47.7 Å². The summed E-state index contributed by atoms with van der Waals surface area (Å²) in [5, 5.41) is 12.4. The maximum absolute atomic E-state index is 12.5. The topological polar surface area (TPSA) is 66.4 Å². The SMILES string of the molecule is Cc1ccc(Br)cc1C(=O)NC1(C(=O)O)CCCCCC1. The Kier molecular flexibility index (Phi) is 5.04. The Hall–Kier alpha value is -1.36. The predicted molar refractivity (Wildman–Crippen MR) is 84.4 cm³/mol. The average molecular weight is 354 g/mol. The zero-order valence-corrected chi connectivity index (χ0v) is 13.7. The Morgan fingerprint density at radius 3 is 2.38 bits per heavy atom. The maximum Gasteiger partial charge on any atom is 0.329 e. The van der Waals surface area contributed by atoms with E-state index >= 15 is 0 Å². The fraction of sp³-hybridized carbons (Fsp3) is 0.500. The molecule has 0 bridgehead atoms. The van der Waals surface area contributed by atoms with Crippen LogP contribution >= 0.6 is 15.9 Å². The average Bonchev–Trinajstić information content (AvgIpc) is 2.68. The highest BCUT2D eigenvalue weighted by molar-refractivity contribution is 9.10. The third-order valence-electron chi connectivity index (χ3n) is 4.16. The number of aliphatic carboxylic acids is 1. The fourth-order valence-electron chi connectivity index (χ4n) is 2.85. The van der Waals surface area contributed by atoms with Crippen LogP contribution in [0.1, 0.15) is 54.4 Å². The Bertz CT molecular complexity index is 548. The molecule has 4 nitrogen and oxygen atoms in total. The number of carbonyl (C=O) groups excluding carboxylic acids is 1. The van der Waals surface area contributed by atoms with E-state index in [9.17, 15) is 14.7 Å². The molecule has 114 valence electrons. The minimum Gasteiger partial charge on any atom is -0.480 e. The van der Waals surface area contributed by atoms with Crippen LogP contribution in [0.3, 0.4) is 0 Å². The zero-order chi connectivity index (χ0) is 15.5. The number of nitrogens with one attached hydrogen (secondary N) is 1. The van der Waals surface area contributed by atoms with E-state index in [1.54, 1.807) is 6.07 Å². The molecule has 2 rings (SSSR count). The monoisotopic (exact) mass is 353 g/mol. The van der Waals surface area contributed by atoms with E-state index in [0.717, 1.165) is 35.7 Å². The molecule has 1 saturated carbocycles. The van der Waals surface area contributed by atoms with E-state index in [2.05, 4.69) is 21.2 Å². The first-order valence-corrected chi connectivity index (χ1v) is 8.06. The van der Waals surface area contributed by atoms with Crippen molar-refractivity contribution in [3.8, 4) is 0 Å². The molecule has 0 saturated heterocycles. The number of hydrogen-bond acceptors (Lipinski definition) is 2. The van der Waals surface area contributed by atoms with Crippen molar-refractivity contribution in [3.05, 3.63) is 33.8 Å². The van der Waals surface area contributed by atoms with Crippen LogP contribution in [0, 0.1) is 6.92 Å². The van der Waals surface area contributed by atoms with Crippen molar-refractivity contribution in [2.24, 2.45) is 0 Å². The Labute approximate surface area is 133 Å². The molecule has 5 heteroatoms. The van der Waals surface area contributed by atoms with Crippen LogP contribution in [-0.4, -0.2) is 22.5 Å². The summed E-state index contributed by atoms with van der Waals surface area (Å²) < 4.78 is 0.809. The molecule has 0 atom stereocenters. The van der Waals surface area contributed by atoms with Gasteiger partial charge in [0.15, 0.2) is 0 Å². The van der Waals surface area contributed by atoms with Gasteiger partial charge >= 0.3 is 5.97 Å². The number of aryl methyl sites for hydroxylation is 1. The lowest BCUT2D eigenvalue weighted by Crippen LogP contribution is -2.54. The molecular formula is C16H20BrNO3. The highest BCUT2D eigenvalue weighted by Gasteiger charge is 2.40. The first-order chi connectivity index (χ1) is 9.94. The van der Waals surface area contributed by atoms with E-state index < -0.39 is 11.5 Å².